The first-order valence-corrected chi connectivity index (χ1v) is 6.16. The summed E-state index contributed by atoms with van der Waals surface area (Å²) in [5.41, 5.74) is 2.86. The predicted octanol–water partition coefficient (Wildman–Crippen LogP) is 2.30. The molecule has 1 aliphatic rings. The van der Waals surface area contributed by atoms with E-state index in [1.54, 1.807) is 0 Å². The minimum Gasteiger partial charge on any atom is -0.441 e. The summed E-state index contributed by atoms with van der Waals surface area (Å²) >= 11 is 0. The molecule has 4 heteroatoms. The fourth-order valence-electron chi connectivity index (χ4n) is 1.92. The highest BCUT2D eigenvalue weighted by Gasteiger charge is 2.19. The molecule has 1 heterocycles. The normalized spacial score (nSPS) is 15.4. The van der Waals surface area contributed by atoms with E-state index in [1.165, 1.54) is 12.8 Å². The van der Waals surface area contributed by atoms with E-state index < -0.39 is 0 Å². The molecule has 0 unspecified atom stereocenters. The second kappa shape index (κ2) is 4.37. The fourth-order valence-corrected chi connectivity index (χ4v) is 1.92. The highest BCUT2D eigenvalue weighted by molar-refractivity contribution is 5.77. The number of rotatable bonds is 5. The minimum absolute atomic E-state index is 0.715. The van der Waals surface area contributed by atoms with Crippen molar-refractivity contribution in [3.63, 3.8) is 0 Å². The molecule has 0 radical (unpaired) electrons. The Bertz CT molecular complexity index is 516. The summed E-state index contributed by atoms with van der Waals surface area (Å²) in [6.45, 7) is 3.82. The van der Waals surface area contributed by atoms with Gasteiger partial charge in [-0.1, -0.05) is 0 Å². The number of aryl methyl sites for hydroxylation is 1. The largest absolute Gasteiger partial charge is 0.441 e. The second-order valence-electron chi connectivity index (χ2n) is 4.57. The first-order valence-electron chi connectivity index (χ1n) is 6.16. The summed E-state index contributed by atoms with van der Waals surface area (Å²) < 4.78 is 5.50. The number of aromatic nitrogens is 1. The van der Waals surface area contributed by atoms with Gasteiger partial charge in [-0.3, -0.25) is 0 Å². The Morgan fingerprint density at radius 1 is 1.35 bits per heavy atom. The minimum atomic E-state index is 0.715. The van der Waals surface area contributed by atoms with Gasteiger partial charge in [0.15, 0.2) is 11.5 Å². The standard InChI is InChI=1S/C13H17N3O/c1-9-16-12-5-4-11(8-13(12)17-9)15-7-6-14-10-2-3-10/h4-5,8,10,14-15H,2-3,6-7H2,1H3. The van der Waals surface area contributed by atoms with E-state index in [0.29, 0.717) is 5.89 Å². The summed E-state index contributed by atoms with van der Waals surface area (Å²) in [5, 5.41) is 6.85. The van der Waals surface area contributed by atoms with Gasteiger partial charge in [0.2, 0.25) is 0 Å². The van der Waals surface area contributed by atoms with Crippen LogP contribution in [-0.2, 0) is 0 Å². The number of oxazole rings is 1. The van der Waals surface area contributed by atoms with E-state index in [0.717, 1.165) is 35.9 Å². The molecular formula is C13H17N3O. The quantitative estimate of drug-likeness (QED) is 0.775. The van der Waals surface area contributed by atoms with Gasteiger partial charge in [0, 0.05) is 37.8 Å². The third-order valence-corrected chi connectivity index (χ3v) is 2.96. The van der Waals surface area contributed by atoms with Crippen LogP contribution in [0.2, 0.25) is 0 Å². The molecule has 0 aliphatic heterocycles. The van der Waals surface area contributed by atoms with E-state index in [9.17, 15) is 0 Å². The van der Waals surface area contributed by atoms with Crippen molar-refractivity contribution in [2.24, 2.45) is 0 Å². The van der Waals surface area contributed by atoms with Crippen molar-refractivity contribution in [1.29, 1.82) is 0 Å². The molecule has 0 atom stereocenters. The van der Waals surface area contributed by atoms with Crippen molar-refractivity contribution in [3.05, 3.63) is 24.1 Å². The lowest BCUT2D eigenvalue weighted by atomic mass is 10.3. The van der Waals surface area contributed by atoms with E-state index in [-0.39, 0.29) is 0 Å². The van der Waals surface area contributed by atoms with Crippen LogP contribution >= 0.6 is 0 Å². The second-order valence-corrected chi connectivity index (χ2v) is 4.57. The molecular weight excluding hydrogens is 214 g/mol. The van der Waals surface area contributed by atoms with Crippen molar-refractivity contribution >= 4 is 16.8 Å². The molecule has 17 heavy (non-hydrogen) atoms. The summed E-state index contributed by atoms with van der Waals surface area (Å²) in [4.78, 5) is 4.28. The van der Waals surface area contributed by atoms with E-state index >= 15 is 0 Å². The van der Waals surface area contributed by atoms with Crippen LogP contribution in [0.25, 0.3) is 11.1 Å². The number of nitrogens with zero attached hydrogens (tertiary/aromatic N) is 1. The topological polar surface area (TPSA) is 50.1 Å². The molecule has 2 aromatic rings. The van der Waals surface area contributed by atoms with Crippen LogP contribution in [0.4, 0.5) is 5.69 Å². The monoisotopic (exact) mass is 231 g/mol. The average Bonchev–Trinajstić information content (AvgIpc) is 3.05. The molecule has 0 amide bonds. The van der Waals surface area contributed by atoms with Crippen LogP contribution in [0.15, 0.2) is 22.6 Å². The lowest BCUT2D eigenvalue weighted by Crippen LogP contribution is -2.23. The zero-order valence-electron chi connectivity index (χ0n) is 9.99. The Balaban J connectivity index is 1.59. The Labute approximate surface area is 100 Å². The maximum absolute atomic E-state index is 5.50. The lowest BCUT2D eigenvalue weighted by Gasteiger charge is -2.06. The van der Waals surface area contributed by atoms with Gasteiger partial charge in [-0.25, -0.2) is 4.98 Å². The SMILES string of the molecule is Cc1nc2ccc(NCCNC3CC3)cc2o1. The van der Waals surface area contributed by atoms with Crippen LogP contribution in [0.5, 0.6) is 0 Å². The molecule has 90 valence electrons. The summed E-state index contributed by atoms with van der Waals surface area (Å²) in [7, 11) is 0. The van der Waals surface area contributed by atoms with Crippen LogP contribution < -0.4 is 10.6 Å². The van der Waals surface area contributed by atoms with Gasteiger partial charge < -0.3 is 15.1 Å². The summed E-state index contributed by atoms with van der Waals surface area (Å²) in [6, 6.07) is 6.81. The Morgan fingerprint density at radius 3 is 3.06 bits per heavy atom. The van der Waals surface area contributed by atoms with Crippen molar-refractivity contribution < 1.29 is 4.42 Å². The fraction of sp³-hybridized carbons (Fsp3) is 0.462. The molecule has 1 aromatic heterocycles. The molecule has 3 rings (SSSR count). The van der Waals surface area contributed by atoms with Gasteiger partial charge in [-0.15, -0.1) is 0 Å². The molecule has 0 spiro atoms. The number of nitrogens with one attached hydrogen (secondary N) is 2. The molecule has 1 saturated carbocycles. The Hall–Kier alpha value is -1.55. The van der Waals surface area contributed by atoms with Crippen LogP contribution in [-0.4, -0.2) is 24.1 Å². The highest BCUT2D eigenvalue weighted by Crippen LogP contribution is 2.20. The maximum Gasteiger partial charge on any atom is 0.192 e. The number of hydrogen-bond acceptors (Lipinski definition) is 4. The van der Waals surface area contributed by atoms with Gasteiger partial charge in [-0.05, 0) is 25.0 Å². The highest BCUT2D eigenvalue weighted by atomic mass is 16.3. The molecule has 0 bridgehead atoms. The number of fused-ring (bicyclic) bond motifs is 1. The number of benzene rings is 1. The predicted molar refractivity (Wildman–Crippen MR) is 68.3 cm³/mol. The third kappa shape index (κ3) is 2.58. The molecule has 2 N–H and O–H groups in total. The molecule has 1 aromatic carbocycles. The van der Waals surface area contributed by atoms with Crippen molar-refractivity contribution in [2.45, 2.75) is 25.8 Å². The Morgan fingerprint density at radius 2 is 2.24 bits per heavy atom. The molecule has 0 saturated heterocycles. The first kappa shape index (κ1) is 10.6. The summed E-state index contributed by atoms with van der Waals surface area (Å²) in [5.74, 6) is 0.715. The molecule has 4 nitrogen and oxygen atoms in total. The zero-order chi connectivity index (χ0) is 11.7. The smallest absolute Gasteiger partial charge is 0.192 e. The Kier molecular flexibility index (Phi) is 2.73. The van der Waals surface area contributed by atoms with Crippen LogP contribution in [0.3, 0.4) is 0 Å². The van der Waals surface area contributed by atoms with Gasteiger partial charge in [0.05, 0.1) is 0 Å². The molecule has 1 aliphatic carbocycles. The van der Waals surface area contributed by atoms with Crippen molar-refractivity contribution in [2.75, 3.05) is 18.4 Å². The van der Waals surface area contributed by atoms with Crippen molar-refractivity contribution in [3.8, 4) is 0 Å². The molecule has 1 fully saturated rings. The summed E-state index contributed by atoms with van der Waals surface area (Å²) in [6.07, 6.45) is 2.67. The van der Waals surface area contributed by atoms with Gasteiger partial charge in [0.1, 0.15) is 5.52 Å². The maximum atomic E-state index is 5.50. The van der Waals surface area contributed by atoms with Crippen molar-refractivity contribution in [1.82, 2.24) is 10.3 Å². The van der Waals surface area contributed by atoms with Gasteiger partial charge in [0.25, 0.3) is 0 Å². The number of anilines is 1. The first-order chi connectivity index (χ1) is 8.31. The van der Waals surface area contributed by atoms with Crippen LogP contribution in [0, 0.1) is 6.92 Å². The average molecular weight is 231 g/mol. The third-order valence-electron chi connectivity index (χ3n) is 2.96. The lowest BCUT2D eigenvalue weighted by molar-refractivity contribution is 0.561. The van der Waals surface area contributed by atoms with E-state index in [1.807, 2.05) is 25.1 Å². The van der Waals surface area contributed by atoms with E-state index in [4.69, 9.17) is 4.42 Å². The van der Waals surface area contributed by atoms with Gasteiger partial charge in [-0.2, -0.15) is 0 Å². The van der Waals surface area contributed by atoms with Crippen LogP contribution in [0.1, 0.15) is 18.7 Å². The zero-order valence-corrected chi connectivity index (χ0v) is 9.99. The van der Waals surface area contributed by atoms with E-state index in [2.05, 4.69) is 15.6 Å². The van der Waals surface area contributed by atoms with Gasteiger partial charge >= 0.3 is 0 Å². The number of hydrogen-bond donors (Lipinski definition) is 2.